The van der Waals surface area contributed by atoms with Crippen molar-refractivity contribution in [2.75, 3.05) is 0 Å². The van der Waals surface area contributed by atoms with Crippen molar-refractivity contribution in [3.05, 3.63) is 35.7 Å². The third-order valence-corrected chi connectivity index (χ3v) is 2.67. The van der Waals surface area contributed by atoms with E-state index < -0.39 is 0 Å². The van der Waals surface area contributed by atoms with E-state index in [0.29, 0.717) is 23.5 Å². The number of hydrogen-bond acceptors (Lipinski definition) is 6. The Labute approximate surface area is 118 Å². The summed E-state index contributed by atoms with van der Waals surface area (Å²) < 4.78 is 10.6. The van der Waals surface area contributed by atoms with E-state index in [-0.39, 0.29) is 6.61 Å². The second kappa shape index (κ2) is 7.00. The topological polar surface area (TPSA) is 73.1 Å². The maximum Gasteiger partial charge on any atom is 0.226 e. The number of pyridine rings is 1. The average molecular weight is 276 g/mol. The third kappa shape index (κ3) is 4.31. The SMILES string of the molecule is CCc1nc(COc2ccc(CNC(C)C)nc2)no1. The predicted molar refractivity (Wildman–Crippen MR) is 74.2 cm³/mol. The van der Waals surface area contributed by atoms with Gasteiger partial charge in [0.25, 0.3) is 0 Å². The summed E-state index contributed by atoms with van der Waals surface area (Å²) in [5.74, 6) is 1.87. The molecule has 2 heterocycles. The van der Waals surface area contributed by atoms with Crippen molar-refractivity contribution in [3.63, 3.8) is 0 Å². The fraction of sp³-hybridized carbons (Fsp3) is 0.500. The van der Waals surface area contributed by atoms with Gasteiger partial charge in [-0.15, -0.1) is 0 Å². The first kappa shape index (κ1) is 14.5. The molecule has 0 saturated heterocycles. The van der Waals surface area contributed by atoms with Crippen LogP contribution in [0, 0.1) is 0 Å². The summed E-state index contributed by atoms with van der Waals surface area (Å²) in [5, 5.41) is 7.14. The lowest BCUT2D eigenvalue weighted by Gasteiger charge is -2.08. The van der Waals surface area contributed by atoms with Gasteiger partial charge in [-0.1, -0.05) is 25.9 Å². The molecule has 2 aromatic rings. The standard InChI is InChI=1S/C14H20N4O2/c1-4-14-17-13(18-20-14)9-19-12-6-5-11(16-8-12)7-15-10(2)3/h5-6,8,10,15H,4,7,9H2,1-3H3. The fourth-order valence-electron chi connectivity index (χ4n) is 1.55. The summed E-state index contributed by atoms with van der Waals surface area (Å²) in [6.45, 7) is 7.21. The van der Waals surface area contributed by atoms with E-state index >= 15 is 0 Å². The molecular weight excluding hydrogens is 256 g/mol. The highest BCUT2D eigenvalue weighted by atomic mass is 16.5. The van der Waals surface area contributed by atoms with Crippen molar-refractivity contribution in [2.45, 2.75) is 46.4 Å². The minimum absolute atomic E-state index is 0.286. The highest BCUT2D eigenvalue weighted by Crippen LogP contribution is 2.11. The molecule has 0 saturated carbocycles. The molecule has 0 atom stereocenters. The van der Waals surface area contributed by atoms with Gasteiger partial charge in [0.2, 0.25) is 11.7 Å². The maximum atomic E-state index is 5.56. The van der Waals surface area contributed by atoms with Crippen LogP contribution < -0.4 is 10.1 Å². The summed E-state index contributed by atoms with van der Waals surface area (Å²) in [6.07, 6.45) is 2.43. The van der Waals surface area contributed by atoms with Crippen LogP contribution in [0.3, 0.4) is 0 Å². The number of aromatic nitrogens is 3. The summed E-state index contributed by atoms with van der Waals surface area (Å²) >= 11 is 0. The monoisotopic (exact) mass is 276 g/mol. The highest BCUT2D eigenvalue weighted by molar-refractivity contribution is 5.19. The molecule has 1 N–H and O–H groups in total. The zero-order valence-electron chi connectivity index (χ0n) is 12.1. The average Bonchev–Trinajstić information content (AvgIpc) is 2.92. The lowest BCUT2D eigenvalue weighted by Crippen LogP contribution is -2.22. The Bertz CT molecular complexity index is 522. The van der Waals surface area contributed by atoms with Crippen molar-refractivity contribution in [3.8, 4) is 5.75 Å². The van der Waals surface area contributed by atoms with E-state index in [9.17, 15) is 0 Å². The highest BCUT2D eigenvalue weighted by Gasteiger charge is 2.05. The van der Waals surface area contributed by atoms with Crippen LogP contribution in [0.25, 0.3) is 0 Å². The van der Waals surface area contributed by atoms with Gasteiger partial charge in [0, 0.05) is 19.0 Å². The number of nitrogens with zero attached hydrogens (tertiary/aromatic N) is 3. The van der Waals surface area contributed by atoms with Gasteiger partial charge >= 0.3 is 0 Å². The molecule has 108 valence electrons. The molecule has 6 nitrogen and oxygen atoms in total. The van der Waals surface area contributed by atoms with Gasteiger partial charge in [-0.05, 0) is 12.1 Å². The second-order valence-corrected chi connectivity index (χ2v) is 4.77. The zero-order chi connectivity index (χ0) is 14.4. The van der Waals surface area contributed by atoms with Crippen molar-refractivity contribution in [1.29, 1.82) is 0 Å². The van der Waals surface area contributed by atoms with Crippen LogP contribution >= 0.6 is 0 Å². The molecule has 20 heavy (non-hydrogen) atoms. The Hall–Kier alpha value is -1.95. The lowest BCUT2D eigenvalue weighted by atomic mass is 10.3. The van der Waals surface area contributed by atoms with Crippen molar-refractivity contribution in [2.24, 2.45) is 0 Å². The van der Waals surface area contributed by atoms with Gasteiger partial charge in [0.1, 0.15) is 5.75 Å². The van der Waals surface area contributed by atoms with E-state index in [2.05, 4.69) is 34.3 Å². The first-order chi connectivity index (χ1) is 9.67. The largest absolute Gasteiger partial charge is 0.484 e. The van der Waals surface area contributed by atoms with Crippen LogP contribution in [0.15, 0.2) is 22.9 Å². The van der Waals surface area contributed by atoms with Gasteiger partial charge in [0.05, 0.1) is 11.9 Å². The lowest BCUT2D eigenvalue weighted by molar-refractivity contribution is 0.284. The van der Waals surface area contributed by atoms with Gasteiger partial charge in [0.15, 0.2) is 6.61 Å². The Kier molecular flexibility index (Phi) is 5.06. The summed E-state index contributed by atoms with van der Waals surface area (Å²) in [5.41, 5.74) is 0.985. The minimum Gasteiger partial charge on any atom is -0.484 e. The third-order valence-electron chi connectivity index (χ3n) is 2.67. The molecule has 0 bridgehead atoms. The summed E-state index contributed by atoms with van der Waals surface area (Å²) in [6, 6.07) is 4.28. The smallest absolute Gasteiger partial charge is 0.226 e. The zero-order valence-corrected chi connectivity index (χ0v) is 12.1. The molecule has 6 heteroatoms. The molecule has 0 aromatic carbocycles. The van der Waals surface area contributed by atoms with Crippen LogP contribution in [0.4, 0.5) is 0 Å². The van der Waals surface area contributed by atoms with Gasteiger partial charge in [-0.3, -0.25) is 4.98 Å². The molecule has 0 aliphatic rings. The van der Waals surface area contributed by atoms with Gasteiger partial charge < -0.3 is 14.6 Å². The van der Waals surface area contributed by atoms with Crippen LogP contribution in [-0.4, -0.2) is 21.2 Å². The molecular formula is C14H20N4O2. The van der Waals surface area contributed by atoms with Gasteiger partial charge in [-0.2, -0.15) is 4.98 Å². The molecule has 0 unspecified atom stereocenters. The van der Waals surface area contributed by atoms with Crippen LogP contribution in [0.1, 0.15) is 38.2 Å². The van der Waals surface area contributed by atoms with Crippen molar-refractivity contribution in [1.82, 2.24) is 20.4 Å². The molecule has 2 aromatic heterocycles. The number of hydrogen-bond donors (Lipinski definition) is 1. The molecule has 0 aliphatic carbocycles. The minimum atomic E-state index is 0.286. The van der Waals surface area contributed by atoms with Crippen LogP contribution in [0.2, 0.25) is 0 Å². The molecule has 2 rings (SSSR count). The predicted octanol–water partition coefficient (Wildman–Crippen LogP) is 2.10. The summed E-state index contributed by atoms with van der Waals surface area (Å²) in [4.78, 5) is 8.51. The maximum absolute atomic E-state index is 5.56. The van der Waals surface area contributed by atoms with Crippen LogP contribution in [0.5, 0.6) is 5.75 Å². The Morgan fingerprint density at radius 2 is 2.20 bits per heavy atom. The number of nitrogens with one attached hydrogen (secondary N) is 1. The number of aryl methyl sites for hydroxylation is 1. The molecule has 0 amide bonds. The number of ether oxygens (including phenoxy) is 1. The van der Waals surface area contributed by atoms with E-state index in [1.54, 1.807) is 6.20 Å². The molecule has 0 spiro atoms. The van der Waals surface area contributed by atoms with Gasteiger partial charge in [-0.25, -0.2) is 0 Å². The first-order valence-electron chi connectivity index (χ1n) is 6.80. The Morgan fingerprint density at radius 1 is 1.35 bits per heavy atom. The molecule has 0 fully saturated rings. The van der Waals surface area contributed by atoms with E-state index in [1.165, 1.54) is 0 Å². The van der Waals surface area contributed by atoms with E-state index in [1.807, 2.05) is 19.1 Å². The van der Waals surface area contributed by atoms with Crippen molar-refractivity contribution < 1.29 is 9.26 Å². The van der Waals surface area contributed by atoms with Crippen molar-refractivity contribution >= 4 is 0 Å². The quantitative estimate of drug-likeness (QED) is 0.835. The Morgan fingerprint density at radius 3 is 2.80 bits per heavy atom. The Balaban J connectivity index is 1.84. The van der Waals surface area contributed by atoms with Crippen LogP contribution in [-0.2, 0) is 19.6 Å². The van der Waals surface area contributed by atoms with E-state index in [0.717, 1.165) is 18.7 Å². The normalized spacial score (nSPS) is 11.0. The summed E-state index contributed by atoms with van der Waals surface area (Å²) in [7, 11) is 0. The first-order valence-corrected chi connectivity index (χ1v) is 6.80. The molecule has 0 radical (unpaired) electrons. The molecule has 0 aliphatic heterocycles. The fourth-order valence-corrected chi connectivity index (χ4v) is 1.55. The second-order valence-electron chi connectivity index (χ2n) is 4.77. The number of rotatable bonds is 7. The van der Waals surface area contributed by atoms with E-state index in [4.69, 9.17) is 9.26 Å².